The molecule has 2 fully saturated rings. The molecule has 3 unspecified atom stereocenters. The number of amides is 1. The fourth-order valence-electron chi connectivity index (χ4n) is 3.49. The van der Waals surface area contributed by atoms with Gasteiger partial charge in [-0.1, -0.05) is 18.2 Å². The highest BCUT2D eigenvalue weighted by molar-refractivity contribution is 14.0. The summed E-state index contributed by atoms with van der Waals surface area (Å²) in [6.45, 7) is 3.08. The molecule has 1 aliphatic carbocycles. The van der Waals surface area contributed by atoms with Gasteiger partial charge in [0.1, 0.15) is 5.75 Å². The predicted molar refractivity (Wildman–Crippen MR) is 115 cm³/mol. The fraction of sp³-hybridized carbons (Fsp3) is 0.579. The number of likely N-dealkylation sites (N-methyl/N-ethyl adjacent to an activating group) is 1. The Morgan fingerprint density at radius 3 is 2.69 bits per heavy atom. The normalized spacial score (nSPS) is 24.6. The Morgan fingerprint density at radius 2 is 2.03 bits per heavy atom. The third kappa shape index (κ3) is 6.65. The van der Waals surface area contributed by atoms with Crippen molar-refractivity contribution in [1.29, 1.82) is 0 Å². The Kier molecular flexibility index (Phi) is 8.01. The van der Waals surface area contributed by atoms with Crippen molar-refractivity contribution >= 4 is 35.8 Å². The van der Waals surface area contributed by atoms with E-state index in [4.69, 9.17) is 0 Å². The quantitative estimate of drug-likeness (QED) is 0.352. The van der Waals surface area contributed by atoms with Crippen molar-refractivity contribution in [2.24, 2.45) is 4.99 Å². The topological polar surface area (TPSA) is 66.0 Å². The average Bonchev–Trinajstić information content (AvgIpc) is 3.36. The van der Waals surface area contributed by atoms with Crippen molar-refractivity contribution in [3.8, 4) is 5.75 Å². The molecule has 1 saturated heterocycles. The van der Waals surface area contributed by atoms with E-state index in [-0.39, 0.29) is 53.6 Å². The van der Waals surface area contributed by atoms with Crippen molar-refractivity contribution in [3.05, 3.63) is 29.8 Å². The first-order chi connectivity index (χ1) is 13.3. The molecule has 1 saturated carbocycles. The SMILES string of the molecule is CCN=C(NC1CCC(=O)N(C)C1)NC1CC1c1ccccc1OC(F)(F)F.I. The standard InChI is InChI=1S/C19H25F3N4O2.HI/c1-3-23-18(24-12-8-9-17(27)26(2)11-12)25-15-10-14(15)13-6-4-5-7-16(13)28-19(20,21)22;/h4-7,12,14-15H,3,8-11H2,1-2H3,(H2,23,24,25);1H. The summed E-state index contributed by atoms with van der Waals surface area (Å²) >= 11 is 0. The number of benzene rings is 1. The number of para-hydroxylation sites is 1. The molecule has 1 amide bonds. The molecule has 6 nitrogen and oxygen atoms in total. The minimum atomic E-state index is -4.71. The van der Waals surface area contributed by atoms with E-state index in [1.54, 1.807) is 24.1 Å². The zero-order chi connectivity index (χ0) is 20.3. The van der Waals surface area contributed by atoms with Crippen LogP contribution in [0.5, 0.6) is 5.75 Å². The van der Waals surface area contributed by atoms with Crippen LogP contribution in [0.1, 0.15) is 37.7 Å². The van der Waals surface area contributed by atoms with E-state index in [9.17, 15) is 18.0 Å². The highest BCUT2D eigenvalue weighted by Crippen LogP contribution is 2.45. The highest BCUT2D eigenvalue weighted by atomic mass is 127. The largest absolute Gasteiger partial charge is 0.573 e. The monoisotopic (exact) mass is 526 g/mol. The van der Waals surface area contributed by atoms with Crippen LogP contribution in [0.2, 0.25) is 0 Å². The lowest BCUT2D eigenvalue weighted by molar-refractivity contribution is -0.274. The number of ether oxygens (including phenoxy) is 1. The van der Waals surface area contributed by atoms with Gasteiger partial charge in [-0.3, -0.25) is 9.79 Å². The van der Waals surface area contributed by atoms with Crippen LogP contribution in [0.3, 0.4) is 0 Å². The summed E-state index contributed by atoms with van der Waals surface area (Å²) in [7, 11) is 1.77. The van der Waals surface area contributed by atoms with Crippen LogP contribution in [0.4, 0.5) is 13.2 Å². The summed E-state index contributed by atoms with van der Waals surface area (Å²) in [5, 5.41) is 6.64. The zero-order valence-corrected chi connectivity index (χ0v) is 18.7. The molecule has 3 atom stereocenters. The van der Waals surface area contributed by atoms with Gasteiger partial charge >= 0.3 is 6.36 Å². The number of likely N-dealkylation sites (tertiary alicyclic amines) is 1. The third-order valence-corrected chi connectivity index (χ3v) is 4.94. The first kappa shape index (κ1) is 23.6. The molecule has 2 N–H and O–H groups in total. The molecule has 1 aromatic rings. The maximum absolute atomic E-state index is 12.6. The molecule has 1 aliphatic heterocycles. The summed E-state index contributed by atoms with van der Waals surface area (Å²) in [6, 6.07) is 6.33. The molecule has 0 radical (unpaired) electrons. The number of carbonyl (C=O) groups excluding carboxylic acids is 1. The molecule has 162 valence electrons. The van der Waals surface area contributed by atoms with Crippen LogP contribution in [-0.2, 0) is 4.79 Å². The number of rotatable bonds is 5. The van der Waals surface area contributed by atoms with Gasteiger partial charge in [0, 0.05) is 44.6 Å². The third-order valence-electron chi connectivity index (χ3n) is 4.94. The van der Waals surface area contributed by atoms with Gasteiger partial charge in [0.05, 0.1) is 0 Å². The maximum atomic E-state index is 12.6. The minimum absolute atomic E-state index is 0. The van der Waals surface area contributed by atoms with Gasteiger partial charge in [-0.15, -0.1) is 37.1 Å². The van der Waals surface area contributed by atoms with E-state index >= 15 is 0 Å². The van der Waals surface area contributed by atoms with Gasteiger partial charge < -0.3 is 20.3 Å². The van der Waals surface area contributed by atoms with E-state index in [2.05, 4.69) is 20.4 Å². The molecule has 10 heteroatoms. The zero-order valence-electron chi connectivity index (χ0n) is 16.3. The molecule has 2 aliphatic rings. The van der Waals surface area contributed by atoms with Gasteiger partial charge in [0.2, 0.25) is 5.91 Å². The number of hydrogen-bond acceptors (Lipinski definition) is 3. The molecular formula is C19H26F3IN4O2. The van der Waals surface area contributed by atoms with Gasteiger partial charge in [-0.2, -0.15) is 0 Å². The average molecular weight is 526 g/mol. The summed E-state index contributed by atoms with van der Waals surface area (Å²) < 4.78 is 42.1. The molecule has 1 aromatic carbocycles. The Hall–Kier alpha value is -1.72. The number of nitrogens with one attached hydrogen (secondary N) is 2. The van der Waals surface area contributed by atoms with Crippen molar-refractivity contribution < 1.29 is 22.7 Å². The summed E-state index contributed by atoms with van der Waals surface area (Å²) in [4.78, 5) is 17.8. The van der Waals surface area contributed by atoms with E-state index in [1.165, 1.54) is 12.1 Å². The smallest absolute Gasteiger partial charge is 0.405 e. The Balaban J connectivity index is 0.00000300. The second kappa shape index (κ2) is 9.86. The number of halogens is 4. The second-order valence-electron chi connectivity index (χ2n) is 7.16. The Bertz CT molecular complexity index is 744. The molecule has 0 spiro atoms. The molecule has 0 bridgehead atoms. The van der Waals surface area contributed by atoms with Crippen LogP contribution in [0, 0.1) is 0 Å². The van der Waals surface area contributed by atoms with E-state index in [0.29, 0.717) is 37.5 Å². The first-order valence-corrected chi connectivity index (χ1v) is 9.43. The molecule has 1 heterocycles. The summed E-state index contributed by atoms with van der Waals surface area (Å²) in [5.41, 5.74) is 0.538. The number of piperidine rings is 1. The lowest BCUT2D eigenvalue weighted by Gasteiger charge is -2.31. The van der Waals surface area contributed by atoms with Gasteiger partial charge in [-0.05, 0) is 31.4 Å². The van der Waals surface area contributed by atoms with E-state index < -0.39 is 6.36 Å². The highest BCUT2D eigenvalue weighted by Gasteiger charge is 2.42. The van der Waals surface area contributed by atoms with E-state index in [1.807, 2.05) is 6.92 Å². The summed E-state index contributed by atoms with van der Waals surface area (Å²) in [6.07, 6.45) is -2.80. The summed E-state index contributed by atoms with van der Waals surface area (Å²) in [5.74, 6) is 0.525. The molecule has 0 aromatic heterocycles. The number of aliphatic imine (C=N–C) groups is 1. The first-order valence-electron chi connectivity index (χ1n) is 9.43. The minimum Gasteiger partial charge on any atom is -0.405 e. The Labute approximate surface area is 185 Å². The molecule has 29 heavy (non-hydrogen) atoms. The fourth-order valence-corrected chi connectivity index (χ4v) is 3.49. The van der Waals surface area contributed by atoms with Crippen molar-refractivity contribution in [2.45, 2.75) is 50.6 Å². The number of nitrogens with zero attached hydrogens (tertiary/aromatic N) is 2. The predicted octanol–water partition coefficient (Wildman–Crippen LogP) is 3.24. The van der Waals surface area contributed by atoms with Crippen molar-refractivity contribution in [2.75, 3.05) is 20.1 Å². The van der Waals surface area contributed by atoms with Crippen LogP contribution >= 0.6 is 24.0 Å². The van der Waals surface area contributed by atoms with E-state index in [0.717, 1.165) is 6.42 Å². The van der Waals surface area contributed by atoms with Gasteiger partial charge in [-0.25, -0.2) is 0 Å². The lowest BCUT2D eigenvalue weighted by atomic mass is 10.1. The number of alkyl halides is 3. The lowest BCUT2D eigenvalue weighted by Crippen LogP contribution is -2.52. The Morgan fingerprint density at radius 1 is 1.31 bits per heavy atom. The van der Waals surface area contributed by atoms with Crippen LogP contribution in [0.25, 0.3) is 0 Å². The van der Waals surface area contributed by atoms with Crippen LogP contribution in [0.15, 0.2) is 29.3 Å². The molecular weight excluding hydrogens is 500 g/mol. The van der Waals surface area contributed by atoms with Crippen molar-refractivity contribution in [3.63, 3.8) is 0 Å². The van der Waals surface area contributed by atoms with Gasteiger partial charge in [0.25, 0.3) is 0 Å². The van der Waals surface area contributed by atoms with Crippen molar-refractivity contribution in [1.82, 2.24) is 15.5 Å². The number of hydrogen-bond donors (Lipinski definition) is 2. The van der Waals surface area contributed by atoms with Crippen LogP contribution in [-0.4, -0.2) is 55.3 Å². The molecule has 3 rings (SSSR count). The number of guanidine groups is 1. The van der Waals surface area contributed by atoms with Crippen LogP contribution < -0.4 is 15.4 Å². The number of carbonyl (C=O) groups is 1. The maximum Gasteiger partial charge on any atom is 0.573 e. The second-order valence-corrected chi connectivity index (χ2v) is 7.16. The van der Waals surface area contributed by atoms with Gasteiger partial charge in [0.15, 0.2) is 5.96 Å².